The molecule has 2 amide bonds. The number of carboxylic acids is 1. The molecule has 2 rings (SSSR count). The number of benzene rings is 1. The number of nitrogens with one attached hydrogen (secondary N) is 2. The van der Waals surface area contributed by atoms with Crippen LogP contribution in [0.1, 0.15) is 27.8 Å². The number of nitrogens with zero attached hydrogens (tertiary/aromatic N) is 1. The second-order valence-corrected chi connectivity index (χ2v) is 4.42. The lowest BCUT2D eigenvalue weighted by Crippen LogP contribution is -2.18. The van der Waals surface area contributed by atoms with E-state index in [1.807, 2.05) is 0 Å². The molecule has 0 atom stereocenters. The summed E-state index contributed by atoms with van der Waals surface area (Å²) in [6.45, 7) is 1.39. The van der Waals surface area contributed by atoms with Crippen molar-refractivity contribution in [2.45, 2.75) is 6.92 Å². The Morgan fingerprint density at radius 3 is 2.14 bits per heavy atom. The predicted octanol–water partition coefficient (Wildman–Crippen LogP) is 1.99. The van der Waals surface area contributed by atoms with Crippen LogP contribution < -0.4 is 10.6 Å². The topological polar surface area (TPSA) is 108 Å². The molecular weight excluding hydrogens is 286 g/mol. The summed E-state index contributed by atoms with van der Waals surface area (Å²) in [5, 5.41) is 14.2. The number of pyridine rings is 1. The van der Waals surface area contributed by atoms with E-state index in [1.165, 1.54) is 25.3 Å². The van der Waals surface area contributed by atoms with Crippen LogP contribution in [0.5, 0.6) is 0 Å². The van der Waals surface area contributed by atoms with Gasteiger partial charge < -0.3 is 15.7 Å². The van der Waals surface area contributed by atoms with E-state index in [-0.39, 0.29) is 17.2 Å². The van der Waals surface area contributed by atoms with Crippen LogP contribution in [0.4, 0.5) is 11.4 Å². The van der Waals surface area contributed by atoms with Gasteiger partial charge in [-0.05, 0) is 36.4 Å². The number of hydrogen-bond acceptors (Lipinski definition) is 4. The molecule has 0 saturated carbocycles. The molecule has 0 aliphatic heterocycles. The SMILES string of the molecule is CC(=O)Nc1ccc(NC(=O)c2ncccc2C(=O)O)cc1. The molecule has 0 fully saturated rings. The zero-order valence-electron chi connectivity index (χ0n) is 11.7. The van der Waals surface area contributed by atoms with Gasteiger partial charge in [-0.3, -0.25) is 14.6 Å². The van der Waals surface area contributed by atoms with Crippen molar-refractivity contribution in [2.24, 2.45) is 0 Å². The highest BCUT2D eigenvalue weighted by Gasteiger charge is 2.17. The Morgan fingerprint density at radius 2 is 1.59 bits per heavy atom. The minimum absolute atomic E-state index is 0.166. The quantitative estimate of drug-likeness (QED) is 0.800. The van der Waals surface area contributed by atoms with E-state index in [4.69, 9.17) is 5.11 Å². The molecular formula is C15H13N3O4. The van der Waals surface area contributed by atoms with Crippen molar-refractivity contribution in [2.75, 3.05) is 10.6 Å². The third kappa shape index (κ3) is 3.66. The number of hydrogen-bond donors (Lipinski definition) is 3. The molecule has 2 aromatic rings. The van der Waals surface area contributed by atoms with E-state index in [1.54, 1.807) is 24.3 Å². The fourth-order valence-corrected chi connectivity index (χ4v) is 1.79. The van der Waals surface area contributed by atoms with Crippen molar-refractivity contribution in [3.8, 4) is 0 Å². The van der Waals surface area contributed by atoms with Crippen LogP contribution in [0, 0.1) is 0 Å². The zero-order chi connectivity index (χ0) is 16.1. The number of aromatic nitrogens is 1. The van der Waals surface area contributed by atoms with Gasteiger partial charge in [0.1, 0.15) is 5.69 Å². The van der Waals surface area contributed by atoms with Crippen molar-refractivity contribution in [3.05, 3.63) is 53.9 Å². The molecule has 0 saturated heterocycles. The van der Waals surface area contributed by atoms with Crippen molar-refractivity contribution < 1.29 is 19.5 Å². The average molecular weight is 299 g/mol. The van der Waals surface area contributed by atoms with E-state index >= 15 is 0 Å². The van der Waals surface area contributed by atoms with Crippen molar-refractivity contribution in [1.29, 1.82) is 0 Å². The van der Waals surface area contributed by atoms with Gasteiger partial charge in [-0.2, -0.15) is 0 Å². The molecule has 1 aromatic heterocycles. The fourth-order valence-electron chi connectivity index (χ4n) is 1.79. The van der Waals surface area contributed by atoms with E-state index in [9.17, 15) is 14.4 Å². The lowest BCUT2D eigenvalue weighted by molar-refractivity contribution is -0.114. The van der Waals surface area contributed by atoms with Gasteiger partial charge in [0.2, 0.25) is 5.91 Å². The third-order valence-electron chi connectivity index (χ3n) is 2.72. The average Bonchev–Trinajstić information content (AvgIpc) is 2.48. The van der Waals surface area contributed by atoms with Crippen LogP contribution >= 0.6 is 0 Å². The highest BCUT2D eigenvalue weighted by atomic mass is 16.4. The summed E-state index contributed by atoms with van der Waals surface area (Å²) in [6, 6.07) is 9.17. The Bertz CT molecular complexity index is 726. The minimum atomic E-state index is -1.22. The van der Waals surface area contributed by atoms with Crippen molar-refractivity contribution in [1.82, 2.24) is 4.98 Å². The van der Waals surface area contributed by atoms with Gasteiger partial charge >= 0.3 is 5.97 Å². The van der Waals surface area contributed by atoms with Gasteiger partial charge in [-0.25, -0.2) is 4.79 Å². The Kier molecular flexibility index (Phi) is 4.47. The normalized spacial score (nSPS) is 9.86. The molecule has 0 radical (unpaired) electrons. The summed E-state index contributed by atoms with van der Waals surface area (Å²) in [5.74, 6) is -2.04. The van der Waals surface area contributed by atoms with Gasteiger partial charge in [0, 0.05) is 24.5 Å². The maximum Gasteiger partial charge on any atom is 0.338 e. The van der Waals surface area contributed by atoms with Crippen molar-refractivity contribution in [3.63, 3.8) is 0 Å². The monoisotopic (exact) mass is 299 g/mol. The Labute approximate surface area is 126 Å². The largest absolute Gasteiger partial charge is 0.478 e. The third-order valence-corrected chi connectivity index (χ3v) is 2.72. The fraction of sp³-hybridized carbons (Fsp3) is 0.0667. The summed E-state index contributed by atoms with van der Waals surface area (Å²) in [4.78, 5) is 37.9. The van der Waals surface area contributed by atoms with Crippen LogP contribution in [0.2, 0.25) is 0 Å². The first kappa shape index (κ1) is 15.2. The highest BCUT2D eigenvalue weighted by molar-refractivity contribution is 6.09. The van der Waals surface area contributed by atoms with E-state index < -0.39 is 11.9 Å². The van der Waals surface area contributed by atoms with Gasteiger partial charge in [0.15, 0.2) is 0 Å². The molecule has 0 aliphatic rings. The van der Waals surface area contributed by atoms with Crippen LogP contribution in [-0.2, 0) is 4.79 Å². The van der Waals surface area contributed by atoms with E-state index in [0.717, 1.165) is 0 Å². The summed E-state index contributed by atoms with van der Waals surface area (Å²) in [7, 11) is 0. The number of rotatable bonds is 4. The highest BCUT2D eigenvalue weighted by Crippen LogP contribution is 2.15. The number of carboxylic acid groups (broad SMARTS) is 1. The van der Waals surface area contributed by atoms with Crippen molar-refractivity contribution >= 4 is 29.2 Å². The van der Waals surface area contributed by atoms with Crippen LogP contribution in [-0.4, -0.2) is 27.9 Å². The standard InChI is InChI=1S/C15H13N3O4/c1-9(19)17-10-4-6-11(7-5-10)18-14(20)13-12(15(21)22)3-2-8-16-13/h2-8H,1H3,(H,17,19)(H,18,20)(H,21,22). The first-order valence-electron chi connectivity index (χ1n) is 6.34. The predicted molar refractivity (Wildman–Crippen MR) is 79.9 cm³/mol. The summed E-state index contributed by atoms with van der Waals surface area (Å²) in [5.41, 5.74) is 0.714. The molecule has 1 heterocycles. The molecule has 0 spiro atoms. The van der Waals surface area contributed by atoms with Gasteiger partial charge in [0.05, 0.1) is 5.56 Å². The molecule has 0 bridgehead atoms. The Morgan fingerprint density at radius 1 is 1.00 bits per heavy atom. The first-order valence-corrected chi connectivity index (χ1v) is 6.34. The smallest absolute Gasteiger partial charge is 0.338 e. The minimum Gasteiger partial charge on any atom is -0.478 e. The molecule has 7 heteroatoms. The van der Waals surface area contributed by atoms with Gasteiger partial charge in [0.25, 0.3) is 5.91 Å². The molecule has 3 N–H and O–H groups in total. The second-order valence-electron chi connectivity index (χ2n) is 4.42. The number of amides is 2. The molecule has 22 heavy (non-hydrogen) atoms. The van der Waals surface area contributed by atoms with Crippen LogP contribution in [0.3, 0.4) is 0 Å². The van der Waals surface area contributed by atoms with Gasteiger partial charge in [-0.15, -0.1) is 0 Å². The molecule has 1 aromatic carbocycles. The number of aromatic carboxylic acids is 1. The lowest BCUT2D eigenvalue weighted by Gasteiger charge is -2.08. The van der Waals surface area contributed by atoms with E-state index in [2.05, 4.69) is 15.6 Å². The summed E-state index contributed by atoms with van der Waals surface area (Å²) >= 11 is 0. The molecule has 112 valence electrons. The van der Waals surface area contributed by atoms with E-state index in [0.29, 0.717) is 11.4 Å². The Hall–Kier alpha value is -3.22. The Balaban J connectivity index is 2.15. The maximum atomic E-state index is 12.1. The van der Waals surface area contributed by atoms with Gasteiger partial charge in [-0.1, -0.05) is 0 Å². The molecule has 0 unspecified atom stereocenters. The number of carbonyl (C=O) groups is 3. The molecule has 0 aliphatic carbocycles. The number of carbonyl (C=O) groups excluding carboxylic acids is 2. The zero-order valence-corrected chi connectivity index (χ0v) is 11.7. The first-order chi connectivity index (χ1) is 10.5. The molecule has 7 nitrogen and oxygen atoms in total. The lowest BCUT2D eigenvalue weighted by atomic mass is 10.2. The summed E-state index contributed by atoms with van der Waals surface area (Å²) in [6.07, 6.45) is 1.35. The summed E-state index contributed by atoms with van der Waals surface area (Å²) < 4.78 is 0. The number of anilines is 2. The second kappa shape index (κ2) is 6.49. The maximum absolute atomic E-state index is 12.1. The van der Waals surface area contributed by atoms with Crippen LogP contribution in [0.15, 0.2) is 42.6 Å². The van der Waals surface area contributed by atoms with Crippen LogP contribution in [0.25, 0.3) is 0 Å².